The number of carbonyl (C=O) groups excluding carboxylic acids is 1. The number of nitrogens with zero attached hydrogens (tertiary/aromatic N) is 3. The minimum atomic E-state index is 0.105. The SMILES string of the molecule is CCC(=O)N(Cc1cccnc1)Cc1ccc(OC)c(OCCCN(C)C)c1. The van der Waals surface area contributed by atoms with E-state index in [1.54, 1.807) is 19.5 Å². The lowest BCUT2D eigenvalue weighted by Crippen LogP contribution is -2.29. The van der Waals surface area contributed by atoms with Crippen molar-refractivity contribution in [3.63, 3.8) is 0 Å². The van der Waals surface area contributed by atoms with Crippen molar-refractivity contribution < 1.29 is 14.3 Å². The predicted molar refractivity (Wildman–Crippen MR) is 110 cm³/mol. The molecule has 152 valence electrons. The van der Waals surface area contributed by atoms with Crippen molar-refractivity contribution in [2.75, 3.05) is 34.4 Å². The average Bonchev–Trinajstić information content (AvgIpc) is 2.71. The van der Waals surface area contributed by atoms with Crippen LogP contribution in [0.15, 0.2) is 42.7 Å². The average molecular weight is 386 g/mol. The molecule has 28 heavy (non-hydrogen) atoms. The molecule has 2 aromatic rings. The van der Waals surface area contributed by atoms with Gasteiger partial charge in [0.05, 0.1) is 13.7 Å². The Labute approximate surface area is 168 Å². The molecule has 0 aliphatic carbocycles. The summed E-state index contributed by atoms with van der Waals surface area (Å²) >= 11 is 0. The molecule has 0 radical (unpaired) electrons. The molecule has 0 spiro atoms. The van der Waals surface area contributed by atoms with Gasteiger partial charge in [0, 0.05) is 38.4 Å². The topological polar surface area (TPSA) is 54.9 Å². The molecule has 1 heterocycles. The van der Waals surface area contributed by atoms with Crippen molar-refractivity contribution in [1.82, 2.24) is 14.8 Å². The van der Waals surface area contributed by atoms with Crippen LogP contribution in [0.3, 0.4) is 0 Å². The van der Waals surface area contributed by atoms with Crippen molar-refractivity contribution in [1.29, 1.82) is 0 Å². The monoisotopic (exact) mass is 385 g/mol. The number of hydrogen-bond donors (Lipinski definition) is 0. The van der Waals surface area contributed by atoms with Crippen LogP contribution in [0.2, 0.25) is 0 Å². The highest BCUT2D eigenvalue weighted by atomic mass is 16.5. The first kappa shape index (κ1) is 21.7. The quantitative estimate of drug-likeness (QED) is 0.555. The molecule has 1 aromatic carbocycles. The van der Waals surface area contributed by atoms with Crippen molar-refractivity contribution >= 4 is 5.91 Å². The Hall–Kier alpha value is -2.60. The first-order valence-electron chi connectivity index (χ1n) is 9.64. The van der Waals surface area contributed by atoms with Gasteiger partial charge in [-0.3, -0.25) is 9.78 Å². The van der Waals surface area contributed by atoms with Gasteiger partial charge in [-0.1, -0.05) is 19.1 Å². The lowest BCUT2D eigenvalue weighted by atomic mass is 10.1. The Balaban J connectivity index is 2.10. The van der Waals surface area contributed by atoms with Crippen LogP contribution >= 0.6 is 0 Å². The summed E-state index contributed by atoms with van der Waals surface area (Å²) in [7, 11) is 5.72. The van der Waals surface area contributed by atoms with Gasteiger partial charge in [0.25, 0.3) is 0 Å². The highest BCUT2D eigenvalue weighted by Gasteiger charge is 2.15. The molecular formula is C22H31N3O3. The standard InChI is InChI=1S/C22H31N3O3/c1-5-22(26)25(17-19-8-6-11-23-15-19)16-18-9-10-20(27-4)21(14-18)28-13-7-12-24(2)3/h6,8-11,14-15H,5,7,12-13,16-17H2,1-4H3. The molecule has 0 unspecified atom stereocenters. The van der Waals surface area contributed by atoms with Crippen molar-refractivity contribution in [2.45, 2.75) is 32.9 Å². The summed E-state index contributed by atoms with van der Waals surface area (Å²) in [5, 5.41) is 0. The zero-order valence-electron chi connectivity index (χ0n) is 17.4. The van der Waals surface area contributed by atoms with E-state index >= 15 is 0 Å². The van der Waals surface area contributed by atoms with Gasteiger partial charge >= 0.3 is 0 Å². The molecule has 0 aliphatic heterocycles. The van der Waals surface area contributed by atoms with Gasteiger partial charge in [-0.05, 0) is 49.8 Å². The number of ether oxygens (including phenoxy) is 2. The predicted octanol–water partition coefficient (Wildman–Crippen LogP) is 3.36. The number of aromatic nitrogens is 1. The number of carbonyl (C=O) groups is 1. The second kappa shape index (κ2) is 11.3. The van der Waals surface area contributed by atoms with Crippen LogP contribution in [0.5, 0.6) is 11.5 Å². The molecule has 0 bridgehead atoms. The second-order valence-electron chi connectivity index (χ2n) is 6.96. The fraction of sp³-hybridized carbons (Fsp3) is 0.455. The lowest BCUT2D eigenvalue weighted by Gasteiger charge is -2.23. The molecule has 0 saturated carbocycles. The van der Waals surface area contributed by atoms with Crippen molar-refractivity contribution in [3.05, 3.63) is 53.9 Å². The van der Waals surface area contributed by atoms with E-state index in [0.29, 0.717) is 37.6 Å². The summed E-state index contributed by atoms with van der Waals surface area (Å²) < 4.78 is 11.4. The highest BCUT2D eigenvalue weighted by Crippen LogP contribution is 2.29. The molecule has 0 N–H and O–H groups in total. The zero-order chi connectivity index (χ0) is 20.4. The molecule has 1 aromatic heterocycles. The van der Waals surface area contributed by atoms with E-state index in [1.165, 1.54) is 0 Å². The number of hydrogen-bond acceptors (Lipinski definition) is 5. The first-order valence-corrected chi connectivity index (χ1v) is 9.64. The first-order chi connectivity index (χ1) is 13.5. The van der Waals surface area contributed by atoms with Crippen LogP contribution in [-0.4, -0.2) is 55.0 Å². The molecule has 0 atom stereocenters. The maximum Gasteiger partial charge on any atom is 0.222 e. The molecule has 0 saturated heterocycles. The third kappa shape index (κ3) is 6.85. The Morgan fingerprint density at radius 1 is 1.11 bits per heavy atom. The Morgan fingerprint density at radius 2 is 1.89 bits per heavy atom. The van der Waals surface area contributed by atoms with Crippen LogP contribution < -0.4 is 9.47 Å². The minimum absolute atomic E-state index is 0.105. The van der Waals surface area contributed by atoms with Crippen LogP contribution in [0, 0.1) is 0 Å². The van der Waals surface area contributed by atoms with Crippen LogP contribution in [0.4, 0.5) is 0 Å². The van der Waals surface area contributed by atoms with Crippen molar-refractivity contribution in [3.8, 4) is 11.5 Å². The number of benzene rings is 1. The van der Waals surface area contributed by atoms with E-state index in [9.17, 15) is 4.79 Å². The number of pyridine rings is 1. The van der Waals surface area contributed by atoms with E-state index in [4.69, 9.17) is 9.47 Å². The van der Waals surface area contributed by atoms with E-state index < -0.39 is 0 Å². The van der Waals surface area contributed by atoms with Gasteiger partial charge in [-0.15, -0.1) is 0 Å². The Kier molecular flexibility index (Phi) is 8.75. The zero-order valence-corrected chi connectivity index (χ0v) is 17.4. The summed E-state index contributed by atoms with van der Waals surface area (Å²) in [4.78, 5) is 20.6. The molecule has 1 amide bonds. The molecule has 0 aliphatic rings. The highest BCUT2D eigenvalue weighted by molar-refractivity contribution is 5.75. The van der Waals surface area contributed by atoms with E-state index in [-0.39, 0.29) is 5.91 Å². The molecule has 2 rings (SSSR count). The number of amides is 1. The molecule has 6 nitrogen and oxygen atoms in total. The summed E-state index contributed by atoms with van der Waals surface area (Å²) in [6.45, 7) is 4.51. The van der Waals surface area contributed by atoms with E-state index in [1.807, 2.05) is 56.3 Å². The maximum atomic E-state index is 12.4. The maximum absolute atomic E-state index is 12.4. The Bertz CT molecular complexity index is 735. The summed E-state index contributed by atoms with van der Waals surface area (Å²) in [5.74, 6) is 1.52. The van der Waals surface area contributed by atoms with Crippen LogP contribution in [0.1, 0.15) is 30.9 Å². The van der Waals surface area contributed by atoms with E-state index in [0.717, 1.165) is 24.1 Å². The number of methoxy groups -OCH3 is 1. The molecular weight excluding hydrogens is 354 g/mol. The Morgan fingerprint density at radius 3 is 2.54 bits per heavy atom. The summed E-state index contributed by atoms with van der Waals surface area (Å²) in [5.41, 5.74) is 2.02. The van der Waals surface area contributed by atoms with Crippen LogP contribution in [0.25, 0.3) is 0 Å². The van der Waals surface area contributed by atoms with Crippen LogP contribution in [-0.2, 0) is 17.9 Å². The minimum Gasteiger partial charge on any atom is -0.493 e. The third-order valence-electron chi connectivity index (χ3n) is 4.36. The van der Waals surface area contributed by atoms with Crippen molar-refractivity contribution in [2.24, 2.45) is 0 Å². The molecule has 6 heteroatoms. The second-order valence-corrected chi connectivity index (χ2v) is 6.96. The lowest BCUT2D eigenvalue weighted by molar-refractivity contribution is -0.132. The fourth-order valence-corrected chi connectivity index (χ4v) is 2.88. The summed E-state index contributed by atoms with van der Waals surface area (Å²) in [6.07, 6.45) is 4.92. The smallest absolute Gasteiger partial charge is 0.222 e. The summed E-state index contributed by atoms with van der Waals surface area (Å²) in [6, 6.07) is 9.71. The van der Waals surface area contributed by atoms with Gasteiger partial charge in [-0.25, -0.2) is 0 Å². The normalized spacial score (nSPS) is 10.8. The van der Waals surface area contributed by atoms with E-state index in [2.05, 4.69) is 9.88 Å². The third-order valence-corrected chi connectivity index (χ3v) is 4.36. The van der Waals surface area contributed by atoms with Gasteiger partial charge in [0.15, 0.2) is 11.5 Å². The van der Waals surface area contributed by atoms with Gasteiger partial charge < -0.3 is 19.3 Å². The van der Waals surface area contributed by atoms with Gasteiger partial charge in [-0.2, -0.15) is 0 Å². The van der Waals surface area contributed by atoms with Gasteiger partial charge in [0.1, 0.15) is 0 Å². The largest absolute Gasteiger partial charge is 0.493 e. The molecule has 0 fully saturated rings. The number of rotatable bonds is 11. The van der Waals surface area contributed by atoms with Gasteiger partial charge in [0.2, 0.25) is 5.91 Å². The fourth-order valence-electron chi connectivity index (χ4n) is 2.88.